The summed E-state index contributed by atoms with van der Waals surface area (Å²) in [4.78, 5) is 13.7. The highest BCUT2D eigenvalue weighted by atomic mass is 16.5. The Bertz CT molecular complexity index is 244. The van der Waals surface area contributed by atoms with Gasteiger partial charge >= 0.3 is 5.97 Å². The van der Waals surface area contributed by atoms with Crippen molar-refractivity contribution in [3.63, 3.8) is 0 Å². The maximum Gasteiger partial charge on any atom is 0.323 e. The molecule has 0 aromatic heterocycles. The molecule has 1 heterocycles. The summed E-state index contributed by atoms with van der Waals surface area (Å²) < 4.78 is 10.1. The molecule has 2 rings (SSSR count). The van der Waals surface area contributed by atoms with Gasteiger partial charge in [0, 0.05) is 19.7 Å². The first kappa shape index (κ1) is 10.9. The minimum absolute atomic E-state index is 0.00982. The molecule has 1 aliphatic carbocycles. The second kappa shape index (κ2) is 4.49. The molecule has 0 amide bonds. The van der Waals surface area contributed by atoms with Gasteiger partial charge in [-0.05, 0) is 25.7 Å². The summed E-state index contributed by atoms with van der Waals surface area (Å²) >= 11 is 0. The summed E-state index contributed by atoms with van der Waals surface area (Å²) in [6.45, 7) is 1.03. The van der Waals surface area contributed by atoms with Gasteiger partial charge in [0.25, 0.3) is 0 Å². The molecular formula is C11H19NO3. The Morgan fingerprint density at radius 2 is 2.07 bits per heavy atom. The van der Waals surface area contributed by atoms with Gasteiger partial charge in [0.1, 0.15) is 6.04 Å². The Morgan fingerprint density at radius 3 is 2.53 bits per heavy atom. The lowest BCUT2D eigenvalue weighted by atomic mass is 9.99. The third-order valence-corrected chi connectivity index (χ3v) is 3.69. The number of nitrogens with zero attached hydrogens (tertiary/aromatic N) is 1. The van der Waals surface area contributed by atoms with Crippen LogP contribution in [0.2, 0.25) is 0 Å². The van der Waals surface area contributed by atoms with E-state index >= 15 is 0 Å². The van der Waals surface area contributed by atoms with Crippen LogP contribution in [0.4, 0.5) is 0 Å². The highest BCUT2D eigenvalue weighted by molar-refractivity contribution is 5.76. The van der Waals surface area contributed by atoms with E-state index in [4.69, 9.17) is 9.47 Å². The summed E-state index contributed by atoms with van der Waals surface area (Å²) in [6, 6.07) is 0.531. The Balaban J connectivity index is 1.87. The fraction of sp³-hybridized carbons (Fsp3) is 0.909. The average molecular weight is 213 g/mol. The number of likely N-dealkylation sites (tertiary alicyclic amines) is 1. The minimum atomic E-state index is -0.0814. The predicted molar refractivity (Wildman–Crippen MR) is 55.6 cm³/mol. The van der Waals surface area contributed by atoms with Crippen LogP contribution in [-0.2, 0) is 14.3 Å². The van der Waals surface area contributed by atoms with Crippen molar-refractivity contribution < 1.29 is 14.3 Å². The van der Waals surface area contributed by atoms with Gasteiger partial charge in [-0.3, -0.25) is 9.69 Å². The van der Waals surface area contributed by atoms with Crippen molar-refractivity contribution in [2.75, 3.05) is 20.8 Å². The van der Waals surface area contributed by atoms with Crippen LogP contribution >= 0.6 is 0 Å². The van der Waals surface area contributed by atoms with Crippen LogP contribution in [0.25, 0.3) is 0 Å². The molecule has 2 aliphatic rings. The standard InChI is InChI=1S/C11H19NO3/c1-14-9-4-3-8(7-9)12-6-5-10(12)11(13)15-2/h8-10H,3-7H2,1-2H3. The third kappa shape index (κ3) is 2.01. The summed E-state index contributed by atoms with van der Waals surface area (Å²) in [5.41, 5.74) is 0. The van der Waals surface area contributed by atoms with Gasteiger partial charge < -0.3 is 9.47 Å². The molecule has 0 radical (unpaired) electrons. The number of ether oxygens (including phenoxy) is 2. The normalized spacial score (nSPS) is 36.3. The lowest BCUT2D eigenvalue weighted by molar-refractivity contribution is -0.153. The molecule has 3 unspecified atom stereocenters. The highest BCUT2D eigenvalue weighted by Crippen LogP contribution is 2.32. The van der Waals surface area contributed by atoms with Crippen molar-refractivity contribution >= 4 is 5.97 Å². The summed E-state index contributed by atoms with van der Waals surface area (Å²) in [7, 11) is 3.23. The van der Waals surface area contributed by atoms with Crippen LogP contribution in [0.3, 0.4) is 0 Å². The second-order valence-electron chi connectivity index (χ2n) is 4.39. The predicted octanol–water partition coefficient (Wildman–Crippen LogP) is 0.801. The van der Waals surface area contributed by atoms with Gasteiger partial charge in [-0.25, -0.2) is 0 Å². The highest BCUT2D eigenvalue weighted by Gasteiger charge is 2.41. The molecule has 2 fully saturated rings. The molecule has 0 aromatic carbocycles. The van der Waals surface area contributed by atoms with Crippen LogP contribution in [0, 0.1) is 0 Å². The fourth-order valence-electron chi connectivity index (χ4n) is 2.67. The first-order valence-electron chi connectivity index (χ1n) is 5.62. The molecule has 3 atom stereocenters. The molecule has 0 N–H and O–H groups in total. The zero-order valence-electron chi connectivity index (χ0n) is 9.44. The van der Waals surface area contributed by atoms with E-state index in [9.17, 15) is 4.79 Å². The van der Waals surface area contributed by atoms with E-state index in [1.54, 1.807) is 7.11 Å². The number of hydrogen-bond acceptors (Lipinski definition) is 4. The van der Waals surface area contributed by atoms with Crippen molar-refractivity contribution in [1.82, 2.24) is 4.90 Å². The number of methoxy groups -OCH3 is 2. The SMILES string of the molecule is COC(=O)C1CCN1C1CCC(OC)C1. The van der Waals surface area contributed by atoms with Crippen molar-refractivity contribution in [1.29, 1.82) is 0 Å². The lowest BCUT2D eigenvalue weighted by Gasteiger charge is -2.43. The van der Waals surface area contributed by atoms with Crippen molar-refractivity contribution in [2.24, 2.45) is 0 Å². The van der Waals surface area contributed by atoms with E-state index < -0.39 is 0 Å². The number of carbonyl (C=O) groups excluding carboxylic acids is 1. The maximum absolute atomic E-state index is 11.4. The van der Waals surface area contributed by atoms with Gasteiger partial charge in [-0.15, -0.1) is 0 Å². The van der Waals surface area contributed by atoms with E-state index in [1.165, 1.54) is 7.11 Å². The molecule has 86 valence electrons. The van der Waals surface area contributed by atoms with E-state index in [2.05, 4.69) is 4.90 Å². The molecule has 0 aromatic rings. The zero-order valence-corrected chi connectivity index (χ0v) is 9.44. The first-order chi connectivity index (χ1) is 7.26. The van der Waals surface area contributed by atoms with E-state index in [0.717, 1.165) is 32.2 Å². The van der Waals surface area contributed by atoms with Gasteiger partial charge in [-0.1, -0.05) is 0 Å². The molecular weight excluding hydrogens is 194 g/mol. The summed E-state index contributed by atoms with van der Waals surface area (Å²) in [5, 5.41) is 0. The van der Waals surface area contributed by atoms with Gasteiger partial charge in [0.05, 0.1) is 13.2 Å². The second-order valence-corrected chi connectivity index (χ2v) is 4.39. The third-order valence-electron chi connectivity index (χ3n) is 3.69. The van der Waals surface area contributed by atoms with Gasteiger partial charge in [0.15, 0.2) is 0 Å². The van der Waals surface area contributed by atoms with E-state index in [0.29, 0.717) is 12.1 Å². The Labute approximate surface area is 90.5 Å². The molecule has 1 saturated carbocycles. The monoisotopic (exact) mass is 213 g/mol. The van der Waals surface area contributed by atoms with E-state index in [-0.39, 0.29) is 12.0 Å². The average Bonchev–Trinajstić information content (AvgIpc) is 2.64. The molecule has 0 bridgehead atoms. The van der Waals surface area contributed by atoms with Crippen LogP contribution in [-0.4, -0.2) is 49.8 Å². The van der Waals surface area contributed by atoms with Crippen LogP contribution in [0.5, 0.6) is 0 Å². The largest absolute Gasteiger partial charge is 0.468 e. The van der Waals surface area contributed by atoms with Gasteiger partial charge in [0.2, 0.25) is 0 Å². The Kier molecular flexibility index (Phi) is 3.26. The number of carbonyl (C=O) groups is 1. The topological polar surface area (TPSA) is 38.8 Å². The molecule has 4 nitrogen and oxygen atoms in total. The molecule has 1 saturated heterocycles. The van der Waals surface area contributed by atoms with E-state index in [1.807, 2.05) is 0 Å². The van der Waals surface area contributed by atoms with Crippen molar-refractivity contribution in [3.05, 3.63) is 0 Å². The fourth-order valence-corrected chi connectivity index (χ4v) is 2.67. The Hall–Kier alpha value is -0.610. The lowest BCUT2D eigenvalue weighted by Crippen LogP contribution is -2.56. The quantitative estimate of drug-likeness (QED) is 0.650. The molecule has 15 heavy (non-hydrogen) atoms. The summed E-state index contributed by atoms with van der Waals surface area (Å²) in [5.74, 6) is -0.0814. The van der Waals surface area contributed by atoms with Gasteiger partial charge in [-0.2, -0.15) is 0 Å². The number of hydrogen-bond donors (Lipinski definition) is 0. The number of rotatable bonds is 3. The first-order valence-corrected chi connectivity index (χ1v) is 5.62. The number of esters is 1. The smallest absolute Gasteiger partial charge is 0.323 e. The van der Waals surface area contributed by atoms with Crippen LogP contribution in [0.1, 0.15) is 25.7 Å². The molecule has 4 heteroatoms. The van der Waals surface area contributed by atoms with Crippen LogP contribution in [0.15, 0.2) is 0 Å². The zero-order chi connectivity index (χ0) is 10.8. The Morgan fingerprint density at radius 1 is 1.27 bits per heavy atom. The van der Waals surface area contributed by atoms with Crippen molar-refractivity contribution in [3.8, 4) is 0 Å². The minimum Gasteiger partial charge on any atom is -0.468 e. The maximum atomic E-state index is 11.4. The van der Waals surface area contributed by atoms with Crippen molar-refractivity contribution in [2.45, 2.75) is 43.9 Å². The van der Waals surface area contributed by atoms with Crippen LogP contribution < -0.4 is 0 Å². The summed E-state index contributed by atoms with van der Waals surface area (Å²) in [6.07, 6.45) is 4.65. The molecule has 1 aliphatic heterocycles. The molecule has 0 spiro atoms.